The van der Waals surface area contributed by atoms with Crippen molar-refractivity contribution in [1.82, 2.24) is 10.2 Å². The minimum Gasteiger partial charge on any atom is -0.365 e. The summed E-state index contributed by atoms with van der Waals surface area (Å²) >= 11 is 0. The van der Waals surface area contributed by atoms with Crippen molar-refractivity contribution in [1.29, 1.82) is 0 Å². The lowest BCUT2D eigenvalue weighted by molar-refractivity contribution is 0.748. The third kappa shape index (κ3) is 1.73. The largest absolute Gasteiger partial charge is 0.365 e. The van der Waals surface area contributed by atoms with Crippen LogP contribution >= 0.6 is 0 Å². The highest BCUT2D eigenvalue weighted by atomic mass is 15.2. The first-order valence-corrected chi connectivity index (χ1v) is 5.83. The Kier molecular flexibility index (Phi) is 2.44. The van der Waals surface area contributed by atoms with Crippen molar-refractivity contribution in [2.24, 2.45) is 0 Å². The summed E-state index contributed by atoms with van der Waals surface area (Å²) < 4.78 is 0. The van der Waals surface area contributed by atoms with Crippen LogP contribution in [0.25, 0.3) is 10.8 Å². The molecule has 0 aliphatic heterocycles. The molecule has 3 nitrogen and oxygen atoms in total. The molecule has 1 N–H and O–H groups in total. The lowest BCUT2D eigenvalue weighted by Crippen LogP contribution is -2.16. The van der Waals surface area contributed by atoms with Crippen molar-refractivity contribution in [2.75, 3.05) is 5.32 Å². The third-order valence-corrected chi connectivity index (χ3v) is 3.20. The fraction of sp³-hybridized carbons (Fsp3) is 0.385. The van der Waals surface area contributed by atoms with E-state index >= 15 is 0 Å². The molecule has 0 bridgehead atoms. The average Bonchev–Trinajstić information content (AvgIpc) is 2.82. The van der Waals surface area contributed by atoms with Crippen molar-refractivity contribution in [3.05, 3.63) is 30.5 Å². The molecule has 1 saturated carbocycles. The number of hydrogen-bond donors (Lipinski definition) is 1. The predicted octanol–water partition coefficient (Wildman–Crippen LogP) is 2.78. The quantitative estimate of drug-likeness (QED) is 0.831. The van der Waals surface area contributed by atoms with E-state index in [0.29, 0.717) is 6.04 Å². The van der Waals surface area contributed by atoms with E-state index in [9.17, 15) is 0 Å². The molecule has 0 spiro atoms. The number of rotatable bonds is 2. The second-order valence-electron chi connectivity index (χ2n) is 4.33. The zero-order valence-electron chi connectivity index (χ0n) is 9.11. The van der Waals surface area contributed by atoms with Crippen LogP contribution in [0, 0.1) is 6.20 Å². The van der Waals surface area contributed by atoms with Crippen LogP contribution in [0.3, 0.4) is 0 Å². The van der Waals surface area contributed by atoms with Crippen LogP contribution in [0.5, 0.6) is 0 Å². The van der Waals surface area contributed by atoms with Gasteiger partial charge in [0, 0.05) is 16.8 Å². The summed E-state index contributed by atoms with van der Waals surface area (Å²) in [5.41, 5.74) is 0. The lowest BCUT2D eigenvalue weighted by Gasteiger charge is -2.13. The van der Waals surface area contributed by atoms with Crippen molar-refractivity contribution >= 4 is 16.6 Å². The summed E-state index contributed by atoms with van der Waals surface area (Å²) in [5.74, 6) is 0.904. The molecule has 81 valence electrons. The van der Waals surface area contributed by atoms with Crippen molar-refractivity contribution in [3.63, 3.8) is 0 Å². The van der Waals surface area contributed by atoms with E-state index < -0.39 is 0 Å². The lowest BCUT2D eigenvalue weighted by atomic mass is 10.2. The highest BCUT2D eigenvalue weighted by Crippen LogP contribution is 2.25. The Morgan fingerprint density at radius 1 is 1.19 bits per heavy atom. The van der Waals surface area contributed by atoms with Gasteiger partial charge in [-0.1, -0.05) is 37.1 Å². The van der Waals surface area contributed by atoms with Gasteiger partial charge in [0.15, 0.2) is 5.82 Å². The van der Waals surface area contributed by atoms with Crippen LogP contribution < -0.4 is 5.32 Å². The van der Waals surface area contributed by atoms with E-state index in [1.807, 2.05) is 18.2 Å². The topological polar surface area (TPSA) is 37.8 Å². The molecule has 2 aromatic rings. The fourth-order valence-corrected chi connectivity index (χ4v) is 2.34. The molecule has 0 saturated heterocycles. The number of benzene rings is 1. The molecule has 0 amide bonds. The third-order valence-electron chi connectivity index (χ3n) is 3.20. The number of aromatic nitrogens is 2. The average molecular weight is 212 g/mol. The number of hydrogen-bond acceptors (Lipinski definition) is 3. The second kappa shape index (κ2) is 4.08. The summed E-state index contributed by atoms with van der Waals surface area (Å²) in [5, 5.41) is 13.7. The van der Waals surface area contributed by atoms with Crippen LogP contribution in [0.4, 0.5) is 5.82 Å². The van der Waals surface area contributed by atoms with Gasteiger partial charge in [-0.3, -0.25) is 0 Å². The molecule has 1 radical (unpaired) electrons. The second-order valence-corrected chi connectivity index (χ2v) is 4.33. The van der Waals surface area contributed by atoms with E-state index in [-0.39, 0.29) is 0 Å². The van der Waals surface area contributed by atoms with Gasteiger partial charge in [0.05, 0.1) is 0 Å². The van der Waals surface area contributed by atoms with E-state index in [1.165, 1.54) is 25.7 Å². The first-order valence-electron chi connectivity index (χ1n) is 5.83. The predicted molar refractivity (Wildman–Crippen MR) is 64.3 cm³/mol. The first kappa shape index (κ1) is 9.58. The molecule has 16 heavy (non-hydrogen) atoms. The summed E-state index contributed by atoms with van der Waals surface area (Å²) in [6.07, 6.45) is 8.05. The molecule has 0 unspecified atom stereocenters. The maximum atomic E-state index is 4.15. The summed E-state index contributed by atoms with van der Waals surface area (Å²) in [7, 11) is 0. The molecule has 3 heteroatoms. The van der Waals surface area contributed by atoms with Crippen molar-refractivity contribution in [3.8, 4) is 0 Å². The summed E-state index contributed by atoms with van der Waals surface area (Å²) in [6.45, 7) is 0. The monoisotopic (exact) mass is 212 g/mol. The van der Waals surface area contributed by atoms with Gasteiger partial charge in [0.25, 0.3) is 0 Å². The fourth-order valence-electron chi connectivity index (χ4n) is 2.34. The van der Waals surface area contributed by atoms with Crippen molar-refractivity contribution in [2.45, 2.75) is 31.7 Å². The molecule has 1 aliphatic carbocycles. The molecule has 1 aromatic carbocycles. The normalized spacial score (nSPS) is 16.8. The van der Waals surface area contributed by atoms with E-state index in [0.717, 1.165) is 16.6 Å². The number of anilines is 1. The number of fused-ring (bicyclic) bond motifs is 1. The molecule has 1 aliphatic rings. The highest BCUT2D eigenvalue weighted by Gasteiger charge is 2.16. The number of nitrogens with one attached hydrogen (secondary N) is 1. The van der Waals surface area contributed by atoms with Crippen LogP contribution in [0.15, 0.2) is 24.3 Å². The van der Waals surface area contributed by atoms with Crippen molar-refractivity contribution < 1.29 is 0 Å². The van der Waals surface area contributed by atoms with Gasteiger partial charge in [-0.2, -0.15) is 0 Å². The molecule has 1 heterocycles. The SMILES string of the molecule is [c]1nnc(NC2CCCC2)c2ccccc12. The maximum Gasteiger partial charge on any atom is 0.156 e. The van der Waals surface area contributed by atoms with E-state index in [2.05, 4.69) is 27.8 Å². The minimum absolute atomic E-state index is 0.570. The molecular weight excluding hydrogens is 198 g/mol. The van der Waals surface area contributed by atoms with Gasteiger partial charge in [0.1, 0.15) is 6.20 Å². The Morgan fingerprint density at radius 3 is 2.88 bits per heavy atom. The van der Waals surface area contributed by atoms with Gasteiger partial charge in [-0.25, -0.2) is 0 Å². The first-order chi connectivity index (χ1) is 7.93. The standard InChI is InChI=1S/C13H14N3/c1-4-8-12-10(5-1)9-14-16-13(12)15-11-6-2-3-7-11/h1,4-5,8,11H,2-3,6-7H2,(H,15,16). The zero-order chi connectivity index (χ0) is 10.8. The van der Waals surface area contributed by atoms with E-state index in [1.54, 1.807) is 0 Å². The Bertz CT molecular complexity index is 484. The van der Waals surface area contributed by atoms with Crippen LogP contribution in [0.2, 0.25) is 0 Å². The highest BCUT2D eigenvalue weighted by molar-refractivity contribution is 5.90. The summed E-state index contributed by atoms with van der Waals surface area (Å²) in [4.78, 5) is 0. The minimum atomic E-state index is 0.570. The molecule has 0 atom stereocenters. The Hall–Kier alpha value is -1.64. The van der Waals surface area contributed by atoms with Gasteiger partial charge < -0.3 is 5.32 Å². The van der Waals surface area contributed by atoms with Crippen LogP contribution in [0.1, 0.15) is 25.7 Å². The van der Waals surface area contributed by atoms with Crippen LogP contribution in [-0.2, 0) is 0 Å². The Morgan fingerprint density at radius 2 is 2.00 bits per heavy atom. The molecule has 1 fully saturated rings. The smallest absolute Gasteiger partial charge is 0.156 e. The summed E-state index contributed by atoms with van der Waals surface area (Å²) in [6, 6.07) is 8.68. The number of nitrogens with zero attached hydrogens (tertiary/aromatic N) is 2. The Balaban J connectivity index is 1.96. The van der Waals surface area contributed by atoms with Gasteiger partial charge in [0.2, 0.25) is 0 Å². The van der Waals surface area contributed by atoms with Gasteiger partial charge in [-0.15, -0.1) is 10.2 Å². The van der Waals surface area contributed by atoms with E-state index in [4.69, 9.17) is 0 Å². The van der Waals surface area contributed by atoms with Gasteiger partial charge in [-0.05, 0) is 12.8 Å². The van der Waals surface area contributed by atoms with Crippen LogP contribution in [-0.4, -0.2) is 16.2 Å². The zero-order valence-corrected chi connectivity index (χ0v) is 9.11. The maximum absolute atomic E-state index is 4.15. The Labute approximate surface area is 94.9 Å². The molecule has 3 rings (SSSR count). The van der Waals surface area contributed by atoms with Gasteiger partial charge >= 0.3 is 0 Å². The molecular formula is C13H14N3. The molecule has 1 aromatic heterocycles.